The van der Waals surface area contributed by atoms with E-state index in [1.807, 2.05) is 0 Å². The first kappa shape index (κ1) is 27.3. The van der Waals surface area contributed by atoms with Crippen LogP contribution in [0, 0.1) is 6.92 Å². The van der Waals surface area contributed by atoms with Crippen molar-refractivity contribution in [2.24, 2.45) is 5.73 Å². The molecule has 12 nitrogen and oxygen atoms in total. The van der Waals surface area contributed by atoms with Crippen molar-refractivity contribution in [2.75, 3.05) is 52.5 Å². The Morgan fingerprint density at radius 2 is 1.55 bits per heavy atom. The topological polar surface area (TPSA) is 175 Å². The van der Waals surface area contributed by atoms with Crippen LogP contribution in [0.3, 0.4) is 0 Å². The molecular formula is C15H30N6O6S2. The van der Waals surface area contributed by atoms with Crippen LogP contribution in [0.5, 0.6) is 0 Å². The second kappa shape index (κ2) is 16.1. The molecule has 1 aromatic heterocycles. The van der Waals surface area contributed by atoms with E-state index in [2.05, 4.69) is 30.3 Å². The number of rotatable bonds is 13. The second-order valence-corrected chi connectivity index (χ2v) is 8.36. The summed E-state index contributed by atoms with van der Waals surface area (Å²) in [4.78, 5) is 21.6. The van der Waals surface area contributed by atoms with Crippen LogP contribution in [-0.2, 0) is 29.1 Å². The highest BCUT2D eigenvalue weighted by molar-refractivity contribution is 7.91. The maximum Gasteiger partial charge on any atom is 0.319 e. The highest BCUT2D eigenvalue weighted by Crippen LogP contribution is 2.13. The summed E-state index contributed by atoms with van der Waals surface area (Å²) in [7, 11) is -3.61. The van der Waals surface area contributed by atoms with Gasteiger partial charge in [-0.3, -0.25) is 9.59 Å². The van der Waals surface area contributed by atoms with Gasteiger partial charge in [-0.05, 0) is 20.8 Å². The predicted octanol–water partition coefficient (Wildman–Crippen LogP) is -1.62. The number of nitrogens with one attached hydrogen (secondary N) is 3. The fraction of sp³-hybridized carbons (Fsp3) is 0.733. The molecular weight excluding hydrogens is 424 g/mol. The maximum absolute atomic E-state index is 11.7. The minimum atomic E-state index is -3.61. The lowest BCUT2D eigenvalue weighted by molar-refractivity contribution is -0.142. The third-order valence-electron chi connectivity index (χ3n) is 2.80. The van der Waals surface area contributed by atoms with Crippen LogP contribution in [0.15, 0.2) is 4.34 Å². The number of esters is 2. The number of carbonyl (C=O) groups is 2. The molecule has 0 aliphatic carbocycles. The van der Waals surface area contributed by atoms with Gasteiger partial charge in [0, 0.05) is 26.2 Å². The minimum absolute atomic E-state index is 0.0491. The van der Waals surface area contributed by atoms with Gasteiger partial charge in [-0.2, -0.15) is 0 Å². The van der Waals surface area contributed by atoms with E-state index in [1.54, 1.807) is 20.8 Å². The number of hydrogen-bond acceptors (Lipinski definition) is 12. The van der Waals surface area contributed by atoms with Crippen molar-refractivity contribution in [3.8, 4) is 0 Å². The summed E-state index contributed by atoms with van der Waals surface area (Å²) < 4.78 is 35.1. The molecule has 1 rings (SSSR count). The first-order valence-electron chi connectivity index (χ1n) is 8.99. The molecule has 0 saturated heterocycles. The lowest BCUT2D eigenvalue weighted by atomic mass is 10.6. The van der Waals surface area contributed by atoms with Crippen molar-refractivity contribution in [1.29, 1.82) is 0 Å². The highest BCUT2D eigenvalue weighted by atomic mass is 32.2. The summed E-state index contributed by atoms with van der Waals surface area (Å²) in [6.07, 6.45) is 0. The number of sulfonamides is 1. The molecule has 0 spiro atoms. The van der Waals surface area contributed by atoms with Gasteiger partial charge in [0.05, 0.1) is 26.3 Å². The van der Waals surface area contributed by atoms with E-state index < -0.39 is 10.0 Å². The predicted molar refractivity (Wildman–Crippen MR) is 108 cm³/mol. The number of hydrogen-bond donors (Lipinski definition) is 4. The molecule has 0 bridgehead atoms. The average molecular weight is 455 g/mol. The van der Waals surface area contributed by atoms with Crippen LogP contribution >= 0.6 is 11.3 Å². The van der Waals surface area contributed by atoms with E-state index in [0.29, 0.717) is 37.9 Å². The molecule has 0 aromatic carbocycles. The van der Waals surface area contributed by atoms with Crippen molar-refractivity contribution in [3.05, 3.63) is 5.01 Å². The van der Waals surface area contributed by atoms with Gasteiger partial charge in [-0.1, -0.05) is 11.3 Å². The Morgan fingerprint density at radius 1 is 1.00 bits per heavy atom. The van der Waals surface area contributed by atoms with Crippen molar-refractivity contribution in [3.63, 3.8) is 0 Å². The molecule has 0 unspecified atom stereocenters. The lowest BCUT2D eigenvalue weighted by Gasteiger charge is -2.05. The van der Waals surface area contributed by atoms with Gasteiger partial charge in [-0.25, -0.2) is 13.1 Å². The van der Waals surface area contributed by atoms with Crippen LogP contribution in [0.1, 0.15) is 18.9 Å². The molecule has 0 atom stereocenters. The Morgan fingerprint density at radius 3 is 2.00 bits per heavy atom. The number of aryl methyl sites for hydroxylation is 1. The number of nitrogens with zero attached hydrogens (tertiary/aromatic N) is 2. The fourth-order valence-electron chi connectivity index (χ4n) is 1.63. The number of aromatic nitrogens is 2. The van der Waals surface area contributed by atoms with Crippen molar-refractivity contribution in [1.82, 2.24) is 25.6 Å². The minimum Gasteiger partial charge on any atom is -0.465 e. The number of ether oxygens (including phenoxy) is 2. The summed E-state index contributed by atoms with van der Waals surface area (Å²) in [5.41, 5.74) is 5.17. The van der Waals surface area contributed by atoms with Gasteiger partial charge in [-0.15, -0.1) is 10.2 Å². The normalized spacial score (nSPS) is 10.8. The summed E-state index contributed by atoms with van der Waals surface area (Å²) >= 11 is 1.00. The fourth-order valence-corrected chi connectivity index (χ4v) is 3.67. The van der Waals surface area contributed by atoms with Crippen LogP contribution in [0.25, 0.3) is 0 Å². The highest BCUT2D eigenvalue weighted by Gasteiger charge is 2.18. The van der Waals surface area contributed by atoms with Crippen molar-refractivity contribution >= 4 is 33.3 Å². The Balaban J connectivity index is 0.000000665. The molecule has 5 N–H and O–H groups in total. The molecule has 168 valence electrons. The van der Waals surface area contributed by atoms with Crippen LogP contribution in [0.4, 0.5) is 0 Å². The zero-order valence-electron chi connectivity index (χ0n) is 16.9. The van der Waals surface area contributed by atoms with Gasteiger partial charge in [0.1, 0.15) is 5.01 Å². The van der Waals surface area contributed by atoms with Gasteiger partial charge in [0.25, 0.3) is 10.0 Å². The van der Waals surface area contributed by atoms with Gasteiger partial charge >= 0.3 is 11.9 Å². The first-order valence-corrected chi connectivity index (χ1v) is 11.3. The number of nitrogens with two attached hydrogens (primary N) is 1. The summed E-state index contributed by atoms with van der Waals surface area (Å²) in [6.45, 7) is 7.90. The molecule has 1 aromatic rings. The largest absolute Gasteiger partial charge is 0.465 e. The van der Waals surface area contributed by atoms with Crippen LogP contribution < -0.4 is 21.1 Å². The Bertz CT molecular complexity index is 697. The van der Waals surface area contributed by atoms with Crippen molar-refractivity contribution < 1.29 is 27.5 Å². The summed E-state index contributed by atoms with van der Waals surface area (Å²) in [5.74, 6) is -0.596. The van der Waals surface area contributed by atoms with E-state index in [4.69, 9.17) is 10.5 Å². The standard InChI is InChI=1S/C9H16N4O4S2.C6H14N2O2/c1-3-17-8(14)6-10-4-5-11-19(15,16)9-13-12-7(2)18-9;1-2-10-6(9)5-8-4-3-7/h10-11H,3-6H2,1-2H3;8H,2-5,7H2,1H3. The number of carbonyl (C=O) groups excluding carboxylic acids is 2. The smallest absolute Gasteiger partial charge is 0.319 e. The van der Waals surface area contributed by atoms with E-state index in [1.165, 1.54) is 0 Å². The lowest BCUT2D eigenvalue weighted by Crippen LogP contribution is -2.34. The molecule has 0 saturated carbocycles. The average Bonchev–Trinajstić information content (AvgIpc) is 3.10. The van der Waals surface area contributed by atoms with Gasteiger partial charge in [0.15, 0.2) is 0 Å². The van der Waals surface area contributed by atoms with E-state index in [9.17, 15) is 18.0 Å². The maximum atomic E-state index is 11.7. The molecule has 0 fully saturated rings. The third-order valence-corrected chi connectivity index (χ3v) is 5.47. The monoisotopic (exact) mass is 454 g/mol. The molecule has 0 aliphatic heterocycles. The molecule has 14 heteroatoms. The molecule has 0 radical (unpaired) electrons. The van der Waals surface area contributed by atoms with E-state index >= 15 is 0 Å². The molecule has 29 heavy (non-hydrogen) atoms. The SMILES string of the molecule is CCOC(=O)CNCCN.CCOC(=O)CNCCNS(=O)(=O)c1nnc(C)s1. The summed E-state index contributed by atoms with van der Waals surface area (Å²) in [6, 6.07) is 0. The van der Waals surface area contributed by atoms with Crippen LogP contribution in [-0.4, -0.2) is 83.0 Å². The van der Waals surface area contributed by atoms with Crippen molar-refractivity contribution in [2.45, 2.75) is 25.1 Å². The Labute approximate surface area is 175 Å². The first-order chi connectivity index (χ1) is 13.8. The van der Waals surface area contributed by atoms with Gasteiger partial charge < -0.3 is 25.8 Å². The molecule has 0 amide bonds. The van der Waals surface area contributed by atoms with E-state index in [0.717, 1.165) is 11.3 Å². The van der Waals surface area contributed by atoms with Crippen LogP contribution in [0.2, 0.25) is 0 Å². The quantitative estimate of drug-likeness (QED) is 0.199. The molecule has 0 aliphatic rings. The van der Waals surface area contributed by atoms with Gasteiger partial charge in [0.2, 0.25) is 4.34 Å². The van der Waals surface area contributed by atoms with E-state index in [-0.39, 0.29) is 35.9 Å². The Hall–Kier alpha value is -1.71. The molecule has 1 heterocycles. The zero-order chi connectivity index (χ0) is 22.1. The summed E-state index contributed by atoms with van der Waals surface area (Å²) in [5, 5.41) is 13.4. The Kier molecular flexibility index (Phi) is 15.2. The zero-order valence-corrected chi connectivity index (χ0v) is 18.5. The third kappa shape index (κ3) is 14.0. The second-order valence-electron chi connectivity index (χ2n) is 5.24.